The van der Waals surface area contributed by atoms with Gasteiger partial charge in [-0.2, -0.15) is 0 Å². The summed E-state index contributed by atoms with van der Waals surface area (Å²) >= 11 is 1.25. The van der Waals surface area contributed by atoms with Crippen LogP contribution < -0.4 is 0 Å². The fourth-order valence-corrected chi connectivity index (χ4v) is 1.60. The van der Waals surface area contributed by atoms with E-state index in [9.17, 15) is 10.1 Å². The van der Waals surface area contributed by atoms with Crippen molar-refractivity contribution in [3.8, 4) is 0 Å². The maximum Gasteiger partial charge on any atom is 0.269 e. The van der Waals surface area contributed by atoms with Crippen LogP contribution in [-0.2, 0) is 4.18 Å². The summed E-state index contributed by atoms with van der Waals surface area (Å²) in [7, 11) is 0. The number of rotatable bonds is 5. The van der Waals surface area contributed by atoms with Crippen molar-refractivity contribution in [2.75, 3.05) is 0 Å². The zero-order valence-corrected chi connectivity index (χ0v) is 10.4. The highest BCUT2D eigenvalue weighted by Crippen LogP contribution is 2.25. The Balaban J connectivity index is 2.53. The summed E-state index contributed by atoms with van der Waals surface area (Å²) in [6.07, 6.45) is 0.153. The Hall–Kier alpha value is -1.07. The first-order valence-corrected chi connectivity index (χ1v) is 5.82. The summed E-state index contributed by atoms with van der Waals surface area (Å²) in [6.45, 7) is 6.17. The van der Waals surface area contributed by atoms with Gasteiger partial charge in [0.25, 0.3) is 5.69 Å². The van der Waals surface area contributed by atoms with Crippen molar-refractivity contribution in [2.45, 2.75) is 31.8 Å². The quantitative estimate of drug-likeness (QED) is 0.448. The number of benzene rings is 1. The molecular weight excluding hydrogens is 226 g/mol. The van der Waals surface area contributed by atoms with Gasteiger partial charge in [0.05, 0.1) is 11.0 Å². The van der Waals surface area contributed by atoms with Crippen LogP contribution in [0.15, 0.2) is 29.2 Å². The van der Waals surface area contributed by atoms with E-state index in [1.807, 2.05) is 6.92 Å². The van der Waals surface area contributed by atoms with Gasteiger partial charge in [-0.3, -0.25) is 10.1 Å². The summed E-state index contributed by atoms with van der Waals surface area (Å²) in [5.74, 6) is 0.450. The van der Waals surface area contributed by atoms with Crippen LogP contribution in [0.4, 0.5) is 5.69 Å². The molecule has 0 heterocycles. The lowest BCUT2D eigenvalue weighted by molar-refractivity contribution is -0.384. The molecule has 0 saturated heterocycles. The van der Waals surface area contributed by atoms with E-state index >= 15 is 0 Å². The molecule has 1 unspecified atom stereocenters. The highest BCUT2D eigenvalue weighted by atomic mass is 32.2. The molecule has 0 N–H and O–H groups in total. The van der Waals surface area contributed by atoms with E-state index < -0.39 is 4.92 Å². The summed E-state index contributed by atoms with van der Waals surface area (Å²) < 4.78 is 5.54. The van der Waals surface area contributed by atoms with Gasteiger partial charge in [-0.05, 0) is 25.0 Å². The van der Waals surface area contributed by atoms with Crippen molar-refractivity contribution < 1.29 is 9.11 Å². The van der Waals surface area contributed by atoms with Crippen LogP contribution in [0.2, 0.25) is 0 Å². The predicted octanol–water partition coefficient (Wildman–Crippen LogP) is 3.66. The number of hydrogen-bond acceptors (Lipinski definition) is 4. The molecule has 0 spiro atoms. The van der Waals surface area contributed by atoms with E-state index in [1.54, 1.807) is 12.1 Å². The van der Waals surface area contributed by atoms with Gasteiger partial charge in [0, 0.05) is 29.1 Å². The van der Waals surface area contributed by atoms with E-state index in [-0.39, 0.29) is 11.8 Å². The largest absolute Gasteiger partial charge is 0.307 e. The van der Waals surface area contributed by atoms with Crippen LogP contribution in [0.3, 0.4) is 0 Å². The van der Waals surface area contributed by atoms with E-state index in [0.717, 1.165) is 4.90 Å². The summed E-state index contributed by atoms with van der Waals surface area (Å²) in [4.78, 5) is 10.9. The maximum atomic E-state index is 10.4. The van der Waals surface area contributed by atoms with Crippen molar-refractivity contribution in [1.29, 1.82) is 0 Å². The molecule has 0 radical (unpaired) electrons. The molecule has 0 aliphatic carbocycles. The first-order chi connectivity index (χ1) is 7.50. The molecule has 5 heteroatoms. The second-order valence-corrected chi connectivity index (χ2v) is 4.71. The molecule has 1 atom stereocenters. The minimum atomic E-state index is -0.411. The maximum absolute atomic E-state index is 10.4. The molecule has 0 aromatic heterocycles. The molecule has 0 bridgehead atoms. The van der Waals surface area contributed by atoms with E-state index in [1.165, 1.54) is 24.2 Å². The van der Waals surface area contributed by atoms with Crippen molar-refractivity contribution >= 4 is 17.7 Å². The molecule has 0 amide bonds. The topological polar surface area (TPSA) is 52.4 Å². The van der Waals surface area contributed by atoms with Crippen LogP contribution in [0.5, 0.6) is 0 Å². The highest BCUT2D eigenvalue weighted by molar-refractivity contribution is 7.94. The van der Waals surface area contributed by atoms with E-state index in [0.29, 0.717) is 5.92 Å². The van der Waals surface area contributed by atoms with Crippen LogP contribution in [-0.4, -0.2) is 11.0 Å². The molecule has 0 saturated carbocycles. The van der Waals surface area contributed by atoms with Crippen molar-refractivity contribution in [3.05, 3.63) is 34.4 Å². The third-order valence-electron chi connectivity index (χ3n) is 2.28. The minimum Gasteiger partial charge on any atom is -0.307 e. The Morgan fingerprint density at radius 2 is 1.81 bits per heavy atom. The second kappa shape index (κ2) is 5.86. The first kappa shape index (κ1) is 13.0. The lowest BCUT2D eigenvalue weighted by atomic mass is 10.1. The Kier molecular flexibility index (Phi) is 4.76. The molecule has 1 aromatic carbocycles. The SMILES string of the molecule is CC(C)C(C)OSc1ccc([N+](=O)[O-])cc1. The molecule has 4 nitrogen and oxygen atoms in total. The van der Waals surface area contributed by atoms with E-state index in [4.69, 9.17) is 4.18 Å². The fourth-order valence-electron chi connectivity index (χ4n) is 0.866. The molecule has 0 fully saturated rings. The predicted molar refractivity (Wildman–Crippen MR) is 64.3 cm³/mol. The molecule has 0 aliphatic heterocycles. The third kappa shape index (κ3) is 3.83. The molecule has 88 valence electrons. The van der Waals surface area contributed by atoms with Gasteiger partial charge in [-0.15, -0.1) is 0 Å². The minimum absolute atomic E-state index is 0.0984. The van der Waals surface area contributed by atoms with Gasteiger partial charge < -0.3 is 4.18 Å². The average molecular weight is 241 g/mol. The standard InChI is InChI=1S/C11H15NO3S/c1-8(2)9(3)15-16-11-6-4-10(5-7-11)12(13)14/h4-9H,1-3H3. The first-order valence-electron chi connectivity index (χ1n) is 5.08. The molecular formula is C11H15NO3S. The molecule has 0 aliphatic rings. The van der Waals surface area contributed by atoms with Gasteiger partial charge in [0.1, 0.15) is 0 Å². The molecule has 16 heavy (non-hydrogen) atoms. The number of nitro benzene ring substituents is 1. The van der Waals surface area contributed by atoms with Crippen LogP contribution in [0, 0.1) is 16.0 Å². The van der Waals surface area contributed by atoms with E-state index in [2.05, 4.69) is 13.8 Å². The Bertz CT molecular complexity index is 351. The second-order valence-electron chi connectivity index (χ2n) is 3.88. The zero-order chi connectivity index (χ0) is 12.1. The zero-order valence-electron chi connectivity index (χ0n) is 9.54. The highest BCUT2D eigenvalue weighted by Gasteiger charge is 2.09. The normalized spacial score (nSPS) is 12.8. The number of nitro groups is 1. The Labute approximate surface area is 99.4 Å². The number of hydrogen-bond donors (Lipinski definition) is 0. The summed E-state index contributed by atoms with van der Waals surface area (Å²) in [6, 6.07) is 6.34. The third-order valence-corrected chi connectivity index (χ3v) is 3.15. The van der Waals surface area contributed by atoms with Crippen molar-refractivity contribution in [3.63, 3.8) is 0 Å². The van der Waals surface area contributed by atoms with Crippen LogP contribution in [0.25, 0.3) is 0 Å². The monoisotopic (exact) mass is 241 g/mol. The lowest BCUT2D eigenvalue weighted by Gasteiger charge is -2.14. The average Bonchev–Trinajstić information content (AvgIpc) is 2.26. The Morgan fingerprint density at radius 1 is 1.25 bits per heavy atom. The molecule has 1 rings (SSSR count). The van der Waals surface area contributed by atoms with Gasteiger partial charge in [-0.1, -0.05) is 13.8 Å². The number of non-ortho nitro benzene ring substituents is 1. The van der Waals surface area contributed by atoms with Crippen molar-refractivity contribution in [2.24, 2.45) is 5.92 Å². The van der Waals surface area contributed by atoms with Crippen molar-refractivity contribution in [1.82, 2.24) is 0 Å². The summed E-state index contributed by atoms with van der Waals surface area (Å²) in [5.41, 5.74) is 0.0984. The smallest absolute Gasteiger partial charge is 0.269 e. The fraction of sp³-hybridized carbons (Fsp3) is 0.455. The lowest BCUT2D eigenvalue weighted by Crippen LogP contribution is -2.11. The molecule has 1 aromatic rings. The van der Waals surface area contributed by atoms with Gasteiger partial charge in [0.2, 0.25) is 0 Å². The summed E-state index contributed by atoms with van der Waals surface area (Å²) in [5, 5.41) is 10.4. The van der Waals surface area contributed by atoms with Crippen LogP contribution in [0.1, 0.15) is 20.8 Å². The Morgan fingerprint density at radius 3 is 2.25 bits per heavy atom. The van der Waals surface area contributed by atoms with Crippen LogP contribution >= 0.6 is 12.0 Å². The number of nitrogens with zero attached hydrogens (tertiary/aromatic N) is 1. The van der Waals surface area contributed by atoms with Gasteiger partial charge in [-0.25, -0.2) is 0 Å². The van der Waals surface area contributed by atoms with Gasteiger partial charge >= 0.3 is 0 Å². The van der Waals surface area contributed by atoms with Gasteiger partial charge in [0.15, 0.2) is 0 Å².